The van der Waals surface area contributed by atoms with Gasteiger partial charge >= 0.3 is 0 Å². The summed E-state index contributed by atoms with van der Waals surface area (Å²) in [5.41, 5.74) is 2.31. The van der Waals surface area contributed by atoms with E-state index in [1.54, 1.807) is 18.4 Å². The van der Waals surface area contributed by atoms with E-state index in [4.69, 9.17) is 14.2 Å². The van der Waals surface area contributed by atoms with Crippen LogP contribution < -0.4 is 4.74 Å². The fourth-order valence-electron chi connectivity index (χ4n) is 4.10. The van der Waals surface area contributed by atoms with Crippen LogP contribution in [-0.4, -0.2) is 86.6 Å². The Morgan fingerprint density at radius 1 is 1.36 bits per heavy atom. The molecule has 0 saturated carbocycles. The highest BCUT2D eigenvalue weighted by molar-refractivity contribution is 7.10. The van der Waals surface area contributed by atoms with E-state index in [9.17, 15) is 9.90 Å². The highest BCUT2D eigenvalue weighted by Crippen LogP contribution is 2.34. The van der Waals surface area contributed by atoms with Crippen LogP contribution in [0.25, 0.3) is 0 Å². The molecular formula is C25H36N2O5S. The van der Waals surface area contributed by atoms with Crippen molar-refractivity contribution in [1.82, 2.24) is 9.80 Å². The van der Waals surface area contributed by atoms with Crippen LogP contribution in [-0.2, 0) is 20.7 Å². The highest BCUT2D eigenvalue weighted by Gasteiger charge is 2.33. The SMILES string of the molecule is CCOC[C@H](O)CN(CCOC)CC(=O)N1CCc2sccc2[C@@H]1COc1cccc(C)c1. The summed E-state index contributed by atoms with van der Waals surface area (Å²) in [5.74, 6) is 0.843. The van der Waals surface area contributed by atoms with Gasteiger partial charge in [-0.3, -0.25) is 9.69 Å². The van der Waals surface area contributed by atoms with Crippen molar-refractivity contribution in [3.63, 3.8) is 0 Å². The number of ether oxygens (including phenoxy) is 3. The Balaban J connectivity index is 1.69. The number of fused-ring (bicyclic) bond motifs is 1. The Bertz CT molecular complexity index is 874. The molecule has 0 fully saturated rings. The van der Waals surface area contributed by atoms with Gasteiger partial charge in [-0.25, -0.2) is 0 Å². The lowest BCUT2D eigenvalue weighted by atomic mass is 10.0. The van der Waals surface area contributed by atoms with E-state index in [1.165, 1.54) is 10.4 Å². The van der Waals surface area contributed by atoms with Crippen LogP contribution in [0, 0.1) is 6.92 Å². The predicted molar refractivity (Wildman–Crippen MR) is 130 cm³/mol. The summed E-state index contributed by atoms with van der Waals surface area (Å²) in [6.45, 7) is 7.43. The van der Waals surface area contributed by atoms with Crippen LogP contribution in [0.3, 0.4) is 0 Å². The number of aliphatic hydroxyl groups is 1. The molecule has 182 valence electrons. The van der Waals surface area contributed by atoms with Crippen molar-refractivity contribution in [3.8, 4) is 5.75 Å². The number of benzene rings is 1. The van der Waals surface area contributed by atoms with E-state index in [0.29, 0.717) is 39.5 Å². The number of hydrogen-bond donors (Lipinski definition) is 1. The van der Waals surface area contributed by atoms with Gasteiger partial charge < -0.3 is 24.2 Å². The minimum Gasteiger partial charge on any atom is -0.491 e. The van der Waals surface area contributed by atoms with Gasteiger partial charge in [0.2, 0.25) is 5.91 Å². The molecule has 0 saturated heterocycles. The first kappa shape index (κ1) is 25.6. The number of nitrogens with zero attached hydrogens (tertiary/aromatic N) is 2. The minimum absolute atomic E-state index is 0.0319. The standard InChI is InChI=1S/C25H36N2O5S/c1-4-31-17-20(28)15-26(11-12-30-3)16-25(29)27-10-8-24-22(9-13-33-24)23(27)18-32-21-7-5-6-19(2)14-21/h5-7,9,13-14,20,23,28H,4,8,10-12,15-18H2,1-3H3/t20-,23+/m1/s1. The van der Waals surface area contributed by atoms with Gasteiger partial charge in [-0.05, 0) is 55.0 Å². The summed E-state index contributed by atoms with van der Waals surface area (Å²) in [5, 5.41) is 12.4. The largest absolute Gasteiger partial charge is 0.491 e. The second-order valence-electron chi connectivity index (χ2n) is 8.32. The van der Waals surface area contributed by atoms with Crippen molar-refractivity contribution in [2.24, 2.45) is 0 Å². The lowest BCUT2D eigenvalue weighted by molar-refractivity contribution is -0.136. The van der Waals surface area contributed by atoms with Gasteiger partial charge in [0, 0.05) is 38.2 Å². The molecule has 0 spiro atoms. The zero-order valence-corrected chi connectivity index (χ0v) is 20.7. The first-order valence-corrected chi connectivity index (χ1v) is 12.4. The van der Waals surface area contributed by atoms with Gasteiger partial charge in [-0.2, -0.15) is 0 Å². The first-order chi connectivity index (χ1) is 16.0. The van der Waals surface area contributed by atoms with Crippen LogP contribution in [0.1, 0.15) is 29.0 Å². The average Bonchev–Trinajstić information content (AvgIpc) is 3.28. The quantitative estimate of drug-likeness (QED) is 0.479. The monoisotopic (exact) mass is 476 g/mol. The summed E-state index contributed by atoms with van der Waals surface area (Å²) in [4.78, 5) is 18.6. The van der Waals surface area contributed by atoms with Gasteiger partial charge in [-0.15, -0.1) is 11.3 Å². The van der Waals surface area contributed by atoms with Crippen molar-refractivity contribution < 1.29 is 24.1 Å². The number of aryl methyl sites for hydroxylation is 1. The van der Waals surface area contributed by atoms with E-state index < -0.39 is 6.10 Å². The molecule has 8 heteroatoms. The molecular weight excluding hydrogens is 440 g/mol. The molecule has 1 aliphatic rings. The van der Waals surface area contributed by atoms with Crippen LogP contribution >= 0.6 is 11.3 Å². The maximum Gasteiger partial charge on any atom is 0.237 e. The summed E-state index contributed by atoms with van der Waals surface area (Å²) in [6.07, 6.45) is 0.199. The third-order valence-corrected chi connectivity index (χ3v) is 6.76. The molecule has 0 radical (unpaired) electrons. The molecule has 2 aromatic rings. The number of hydrogen-bond acceptors (Lipinski definition) is 7. The first-order valence-electron chi connectivity index (χ1n) is 11.5. The molecule has 3 rings (SSSR count). The second-order valence-corrected chi connectivity index (χ2v) is 9.32. The number of aliphatic hydroxyl groups excluding tert-OH is 1. The third kappa shape index (κ3) is 7.52. The maximum absolute atomic E-state index is 13.5. The lowest BCUT2D eigenvalue weighted by Gasteiger charge is -2.37. The van der Waals surface area contributed by atoms with E-state index in [-0.39, 0.29) is 25.1 Å². The van der Waals surface area contributed by atoms with Crippen molar-refractivity contribution in [2.45, 2.75) is 32.4 Å². The highest BCUT2D eigenvalue weighted by atomic mass is 32.1. The summed E-state index contributed by atoms with van der Waals surface area (Å²) in [7, 11) is 1.64. The zero-order chi connectivity index (χ0) is 23.6. The summed E-state index contributed by atoms with van der Waals surface area (Å²) in [6, 6.07) is 9.95. The maximum atomic E-state index is 13.5. The Morgan fingerprint density at radius 3 is 2.97 bits per heavy atom. The predicted octanol–water partition coefficient (Wildman–Crippen LogP) is 2.91. The molecule has 0 aliphatic carbocycles. The molecule has 0 bridgehead atoms. The average molecular weight is 477 g/mol. The molecule has 2 heterocycles. The van der Waals surface area contributed by atoms with Crippen molar-refractivity contribution in [1.29, 1.82) is 0 Å². The minimum atomic E-state index is -0.653. The van der Waals surface area contributed by atoms with E-state index >= 15 is 0 Å². The number of carbonyl (C=O) groups excluding carboxylic acids is 1. The molecule has 7 nitrogen and oxygen atoms in total. The molecule has 0 unspecified atom stereocenters. The van der Waals surface area contributed by atoms with Crippen LogP contribution in [0.5, 0.6) is 5.75 Å². The Labute approximate surface area is 200 Å². The van der Waals surface area contributed by atoms with Gasteiger partial charge in [0.15, 0.2) is 0 Å². The molecule has 2 atom stereocenters. The summed E-state index contributed by atoms with van der Waals surface area (Å²) >= 11 is 1.74. The molecule has 1 aromatic carbocycles. The third-order valence-electron chi connectivity index (χ3n) is 5.77. The smallest absolute Gasteiger partial charge is 0.237 e. The lowest BCUT2D eigenvalue weighted by Crippen LogP contribution is -2.48. The number of amides is 1. The normalized spacial score (nSPS) is 16.6. The van der Waals surface area contributed by atoms with Gasteiger partial charge in [-0.1, -0.05) is 12.1 Å². The summed E-state index contributed by atoms with van der Waals surface area (Å²) < 4.78 is 16.7. The Kier molecular flexibility index (Phi) is 10.1. The Hall–Kier alpha value is -1.97. The molecule has 1 aliphatic heterocycles. The van der Waals surface area contributed by atoms with Crippen molar-refractivity contribution in [3.05, 3.63) is 51.7 Å². The van der Waals surface area contributed by atoms with Crippen LogP contribution in [0.15, 0.2) is 35.7 Å². The van der Waals surface area contributed by atoms with Gasteiger partial charge in [0.1, 0.15) is 12.4 Å². The van der Waals surface area contributed by atoms with Gasteiger partial charge in [0.05, 0.1) is 31.9 Å². The van der Waals surface area contributed by atoms with Crippen LogP contribution in [0.2, 0.25) is 0 Å². The number of rotatable bonds is 13. The fourth-order valence-corrected chi connectivity index (χ4v) is 5.03. The number of thiophene rings is 1. The second kappa shape index (κ2) is 13.1. The van der Waals surface area contributed by atoms with E-state index in [1.807, 2.05) is 47.9 Å². The van der Waals surface area contributed by atoms with Gasteiger partial charge in [0.25, 0.3) is 0 Å². The number of methoxy groups -OCH3 is 1. The number of carbonyl (C=O) groups is 1. The molecule has 1 amide bonds. The van der Waals surface area contributed by atoms with Crippen LogP contribution in [0.4, 0.5) is 0 Å². The molecule has 33 heavy (non-hydrogen) atoms. The fraction of sp³-hybridized carbons (Fsp3) is 0.560. The molecule has 1 aromatic heterocycles. The van der Waals surface area contributed by atoms with E-state index in [0.717, 1.165) is 17.7 Å². The topological polar surface area (TPSA) is 71.5 Å². The van der Waals surface area contributed by atoms with Crippen molar-refractivity contribution in [2.75, 3.05) is 59.7 Å². The zero-order valence-electron chi connectivity index (χ0n) is 19.9. The molecule has 1 N–H and O–H groups in total. The Morgan fingerprint density at radius 2 is 2.21 bits per heavy atom. The van der Waals surface area contributed by atoms with Crippen molar-refractivity contribution >= 4 is 17.2 Å². The van der Waals surface area contributed by atoms with E-state index in [2.05, 4.69) is 11.4 Å².